The van der Waals surface area contributed by atoms with E-state index in [0.717, 1.165) is 31.5 Å². The Labute approximate surface area is 159 Å². The molecular formula is C20H28FN3O3. The van der Waals surface area contributed by atoms with Gasteiger partial charge >= 0.3 is 0 Å². The van der Waals surface area contributed by atoms with E-state index in [2.05, 4.69) is 10.2 Å². The molecule has 1 unspecified atom stereocenters. The van der Waals surface area contributed by atoms with Crippen LogP contribution in [0.25, 0.3) is 0 Å². The lowest BCUT2D eigenvalue weighted by molar-refractivity contribution is -0.141. The van der Waals surface area contributed by atoms with Gasteiger partial charge in [0.15, 0.2) is 0 Å². The normalized spacial score (nSPS) is 20.3. The molecule has 27 heavy (non-hydrogen) atoms. The lowest BCUT2D eigenvalue weighted by Gasteiger charge is -2.35. The fourth-order valence-corrected chi connectivity index (χ4v) is 3.70. The summed E-state index contributed by atoms with van der Waals surface area (Å²) in [5.74, 6) is -0.0514. The number of benzene rings is 1. The molecule has 1 aromatic carbocycles. The van der Waals surface area contributed by atoms with E-state index in [4.69, 9.17) is 4.74 Å². The Morgan fingerprint density at radius 1 is 1.15 bits per heavy atom. The summed E-state index contributed by atoms with van der Waals surface area (Å²) in [7, 11) is 0. The lowest BCUT2D eigenvalue weighted by atomic mass is 9.95. The van der Waals surface area contributed by atoms with Crippen LogP contribution in [0, 0.1) is 11.7 Å². The van der Waals surface area contributed by atoms with Gasteiger partial charge in [0.1, 0.15) is 5.82 Å². The van der Waals surface area contributed by atoms with Crippen molar-refractivity contribution in [2.45, 2.75) is 25.8 Å². The van der Waals surface area contributed by atoms with Crippen LogP contribution >= 0.6 is 0 Å². The molecule has 0 saturated carbocycles. The van der Waals surface area contributed by atoms with E-state index >= 15 is 0 Å². The maximum atomic E-state index is 13.0. The van der Waals surface area contributed by atoms with Crippen molar-refractivity contribution < 1.29 is 18.7 Å². The van der Waals surface area contributed by atoms with Crippen LogP contribution in [0.4, 0.5) is 4.39 Å². The van der Waals surface area contributed by atoms with Crippen molar-refractivity contribution in [3.8, 4) is 0 Å². The van der Waals surface area contributed by atoms with Gasteiger partial charge < -0.3 is 15.0 Å². The molecule has 0 aromatic heterocycles. The molecule has 2 heterocycles. The summed E-state index contributed by atoms with van der Waals surface area (Å²) < 4.78 is 18.3. The number of nitrogens with one attached hydrogen (secondary N) is 1. The number of carbonyl (C=O) groups excluding carboxylic acids is 2. The van der Waals surface area contributed by atoms with E-state index in [1.807, 2.05) is 11.8 Å². The molecule has 148 valence electrons. The van der Waals surface area contributed by atoms with Crippen LogP contribution in [-0.2, 0) is 14.3 Å². The summed E-state index contributed by atoms with van der Waals surface area (Å²) in [5, 5.41) is 2.96. The number of halogens is 1. The van der Waals surface area contributed by atoms with Gasteiger partial charge in [-0.2, -0.15) is 0 Å². The molecule has 0 spiro atoms. The Balaban J connectivity index is 1.41. The zero-order valence-electron chi connectivity index (χ0n) is 15.8. The van der Waals surface area contributed by atoms with Gasteiger partial charge in [0.05, 0.1) is 25.8 Å². The zero-order chi connectivity index (χ0) is 19.2. The summed E-state index contributed by atoms with van der Waals surface area (Å²) in [4.78, 5) is 28.9. The van der Waals surface area contributed by atoms with Gasteiger partial charge in [0.2, 0.25) is 11.8 Å². The second-order valence-corrected chi connectivity index (χ2v) is 7.33. The van der Waals surface area contributed by atoms with Crippen molar-refractivity contribution in [2.75, 3.05) is 45.9 Å². The van der Waals surface area contributed by atoms with Crippen LogP contribution in [0.5, 0.6) is 0 Å². The number of piperidine rings is 1. The topological polar surface area (TPSA) is 61.9 Å². The molecule has 0 radical (unpaired) electrons. The molecule has 2 amide bonds. The number of morpholine rings is 1. The van der Waals surface area contributed by atoms with Crippen LogP contribution in [0.3, 0.4) is 0 Å². The van der Waals surface area contributed by atoms with Gasteiger partial charge in [0.25, 0.3) is 0 Å². The number of ether oxygens (including phenoxy) is 1. The molecule has 2 fully saturated rings. The third-order valence-electron chi connectivity index (χ3n) is 5.37. The van der Waals surface area contributed by atoms with Gasteiger partial charge in [-0.05, 0) is 50.6 Å². The quantitative estimate of drug-likeness (QED) is 0.846. The van der Waals surface area contributed by atoms with E-state index in [0.29, 0.717) is 32.8 Å². The zero-order valence-corrected chi connectivity index (χ0v) is 15.8. The van der Waals surface area contributed by atoms with Crippen molar-refractivity contribution in [3.63, 3.8) is 0 Å². The average Bonchev–Trinajstić information content (AvgIpc) is 2.69. The second kappa shape index (κ2) is 9.28. The summed E-state index contributed by atoms with van der Waals surface area (Å²) >= 11 is 0. The molecule has 3 rings (SSSR count). The van der Waals surface area contributed by atoms with Gasteiger partial charge in [-0.15, -0.1) is 0 Å². The predicted octanol–water partition coefficient (Wildman–Crippen LogP) is 1.57. The van der Waals surface area contributed by atoms with Crippen molar-refractivity contribution in [3.05, 3.63) is 35.6 Å². The molecule has 2 aliphatic rings. The van der Waals surface area contributed by atoms with Crippen LogP contribution in [-0.4, -0.2) is 67.6 Å². The minimum absolute atomic E-state index is 0.0511. The van der Waals surface area contributed by atoms with Crippen LogP contribution in [0.1, 0.15) is 31.4 Å². The summed E-state index contributed by atoms with van der Waals surface area (Å²) in [5.41, 5.74) is 0.875. The van der Waals surface area contributed by atoms with Gasteiger partial charge in [-0.1, -0.05) is 12.1 Å². The number of carbonyl (C=O) groups is 2. The fourth-order valence-electron chi connectivity index (χ4n) is 3.70. The SMILES string of the molecule is CC(NC(=O)CN1CCC(C(=O)N2CCOCC2)CC1)c1ccc(F)cc1. The molecular weight excluding hydrogens is 349 g/mol. The van der Waals surface area contributed by atoms with Crippen molar-refractivity contribution in [1.82, 2.24) is 15.1 Å². The number of rotatable bonds is 5. The van der Waals surface area contributed by atoms with Crippen molar-refractivity contribution in [1.29, 1.82) is 0 Å². The molecule has 1 aromatic rings. The van der Waals surface area contributed by atoms with E-state index in [1.54, 1.807) is 12.1 Å². The van der Waals surface area contributed by atoms with Crippen LogP contribution in [0.15, 0.2) is 24.3 Å². The summed E-state index contributed by atoms with van der Waals surface area (Å²) in [6.07, 6.45) is 1.58. The Morgan fingerprint density at radius 3 is 2.41 bits per heavy atom. The van der Waals surface area contributed by atoms with Gasteiger partial charge in [0, 0.05) is 19.0 Å². The highest BCUT2D eigenvalue weighted by Gasteiger charge is 2.30. The number of likely N-dealkylation sites (tertiary alicyclic amines) is 1. The maximum absolute atomic E-state index is 13.0. The van der Waals surface area contributed by atoms with Gasteiger partial charge in [-0.3, -0.25) is 14.5 Å². The first-order valence-corrected chi connectivity index (χ1v) is 9.66. The number of hydrogen-bond donors (Lipinski definition) is 1. The van der Waals surface area contributed by atoms with E-state index in [1.165, 1.54) is 12.1 Å². The van der Waals surface area contributed by atoms with Crippen molar-refractivity contribution >= 4 is 11.8 Å². The molecule has 2 saturated heterocycles. The molecule has 6 nitrogen and oxygen atoms in total. The largest absolute Gasteiger partial charge is 0.378 e. The van der Waals surface area contributed by atoms with E-state index in [9.17, 15) is 14.0 Å². The highest BCUT2D eigenvalue weighted by molar-refractivity contribution is 5.80. The summed E-state index contributed by atoms with van der Waals surface area (Å²) in [6, 6.07) is 5.99. The highest BCUT2D eigenvalue weighted by Crippen LogP contribution is 2.20. The average molecular weight is 377 g/mol. The predicted molar refractivity (Wildman–Crippen MR) is 99.5 cm³/mol. The molecule has 7 heteroatoms. The van der Waals surface area contributed by atoms with Gasteiger partial charge in [-0.25, -0.2) is 4.39 Å². The minimum atomic E-state index is -0.285. The monoisotopic (exact) mass is 377 g/mol. The molecule has 1 N–H and O–H groups in total. The fraction of sp³-hybridized carbons (Fsp3) is 0.600. The van der Waals surface area contributed by atoms with Crippen LogP contribution in [0.2, 0.25) is 0 Å². The van der Waals surface area contributed by atoms with Crippen LogP contribution < -0.4 is 5.32 Å². The Kier molecular flexibility index (Phi) is 6.79. The third-order valence-corrected chi connectivity index (χ3v) is 5.37. The van der Waals surface area contributed by atoms with E-state index in [-0.39, 0.29) is 29.6 Å². The number of hydrogen-bond acceptors (Lipinski definition) is 4. The standard InChI is InChI=1S/C20H28FN3O3/c1-15(16-2-4-18(21)5-3-16)22-19(25)14-23-8-6-17(7-9-23)20(26)24-10-12-27-13-11-24/h2-5,15,17H,6-14H2,1H3,(H,22,25). The number of nitrogens with zero attached hydrogens (tertiary/aromatic N) is 2. The summed E-state index contributed by atoms with van der Waals surface area (Å²) in [6.45, 7) is 6.32. The number of amides is 2. The Bertz CT molecular complexity index is 638. The maximum Gasteiger partial charge on any atom is 0.234 e. The minimum Gasteiger partial charge on any atom is -0.378 e. The Morgan fingerprint density at radius 2 is 1.78 bits per heavy atom. The lowest BCUT2D eigenvalue weighted by Crippen LogP contribution is -2.48. The first-order chi connectivity index (χ1) is 13.0. The Hall–Kier alpha value is -1.99. The smallest absolute Gasteiger partial charge is 0.234 e. The van der Waals surface area contributed by atoms with Crippen molar-refractivity contribution in [2.24, 2.45) is 5.92 Å². The first-order valence-electron chi connectivity index (χ1n) is 9.66. The second-order valence-electron chi connectivity index (χ2n) is 7.33. The highest BCUT2D eigenvalue weighted by atomic mass is 19.1. The molecule has 1 atom stereocenters. The molecule has 2 aliphatic heterocycles. The third kappa shape index (κ3) is 5.49. The first kappa shape index (κ1) is 19.8. The van der Waals surface area contributed by atoms with E-state index < -0.39 is 0 Å². The molecule has 0 aliphatic carbocycles. The molecule has 0 bridgehead atoms.